The molecular formula is C13H18N2O5. The molecule has 0 saturated heterocycles. The van der Waals surface area contributed by atoms with Crippen LogP contribution in [0.25, 0.3) is 0 Å². The summed E-state index contributed by atoms with van der Waals surface area (Å²) in [4.78, 5) is 24.0. The molecule has 0 heterocycles. The molecule has 0 radical (unpaired) electrons. The lowest BCUT2D eigenvalue weighted by atomic mass is 10.2. The van der Waals surface area contributed by atoms with E-state index in [0.717, 1.165) is 5.56 Å². The average Bonchev–Trinajstić information content (AvgIpc) is 2.44. The van der Waals surface area contributed by atoms with Crippen LogP contribution in [0.1, 0.15) is 5.56 Å². The number of amides is 2. The Bertz CT molecular complexity index is 438. The molecule has 0 aliphatic heterocycles. The summed E-state index contributed by atoms with van der Waals surface area (Å²) in [7, 11) is 0. The van der Waals surface area contributed by atoms with Crippen LogP contribution in [-0.2, 0) is 11.3 Å². The van der Waals surface area contributed by atoms with Crippen LogP contribution in [-0.4, -0.2) is 58.0 Å². The fourth-order valence-corrected chi connectivity index (χ4v) is 1.60. The van der Waals surface area contributed by atoms with Gasteiger partial charge in [0.2, 0.25) is 0 Å². The van der Waals surface area contributed by atoms with Gasteiger partial charge in [0.05, 0.1) is 13.2 Å². The number of rotatable bonds is 7. The Morgan fingerprint density at radius 2 is 1.85 bits per heavy atom. The second-order valence-corrected chi connectivity index (χ2v) is 4.15. The molecule has 4 N–H and O–H groups in total. The topological polar surface area (TPSA) is 110 Å². The smallest absolute Gasteiger partial charge is 0.328 e. The second-order valence-electron chi connectivity index (χ2n) is 4.15. The zero-order chi connectivity index (χ0) is 15.0. The van der Waals surface area contributed by atoms with Crippen molar-refractivity contribution in [1.82, 2.24) is 10.2 Å². The van der Waals surface area contributed by atoms with E-state index in [1.54, 1.807) is 0 Å². The molecule has 2 amide bonds. The highest BCUT2D eigenvalue weighted by atomic mass is 16.4. The summed E-state index contributed by atoms with van der Waals surface area (Å²) in [5, 5.41) is 28.8. The Morgan fingerprint density at radius 1 is 1.20 bits per heavy atom. The zero-order valence-electron chi connectivity index (χ0n) is 10.9. The lowest BCUT2D eigenvalue weighted by molar-refractivity contribution is -0.140. The van der Waals surface area contributed by atoms with E-state index in [4.69, 9.17) is 15.3 Å². The summed E-state index contributed by atoms with van der Waals surface area (Å²) in [6, 6.07) is 7.10. The molecule has 0 aliphatic carbocycles. The molecule has 0 aromatic heterocycles. The number of carbonyl (C=O) groups excluding carboxylic acids is 1. The third-order valence-electron chi connectivity index (χ3n) is 2.65. The van der Waals surface area contributed by atoms with Crippen molar-refractivity contribution in [1.29, 1.82) is 0 Å². The number of carboxylic acids is 1. The van der Waals surface area contributed by atoms with Crippen LogP contribution in [0.15, 0.2) is 30.3 Å². The van der Waals surface area contributed by atoms with Crippen molar-refractivity contribution >= 4 is 12.0 Å². The number of nitrogens with one attached hydrogen (secondary N) is 1. The van der Waals surface area contributed by atoms with Crippen molar-refractivity contribution < 1.29 is 24.9 Å². The summed E-state index contributed by atoms with van der Waals surface area (Å²) >= 11 is 0. The van der Waals surface area contributed by atoms with Crippen LogP contribution in [0.3, 0.4) is 0 Å². The molecule has 7 nitrogen and oxygen atoms in total. The highest BCUT2D eigenvalue weighted by Crippen LogP contribution is 2.04. The number of benzene rings is 1. The van der Waals surface area contributed by atoms with Crippen LogP contribution in [0.2, 0.25) is 0 Å². The monoisotopic (exact) mass is 282 g/mol. The van der Waals surface area contributed by atoms with Crippen LogP contribution >= 0.6 is 0 Å². The number of carbonyl (C=O) groups is 2. The minimum absolute atomic E-state index is 0.0680. The van der Waals surface area contributed by atoms with Crippen LogP contribution < -0.4 is 5.32 Å². The molecule has 0 bridgehead atoms. The molecule has 1 atom stereocenters. The van der Waals surface area contributed by atoms with E-state index in [1.165, 1.54) is 4.90 Å². The van der Waals surface area contributed by atoms with E-state index in [1.807, 2.05) is 30.3 Å². The zero-order valence-corrected chi connectivity index (χ0v) is 10.9. The van der Waals surface area contributed by atoms with E-state index >= 15 is 0 Å². The van der Waals surface area contributed by atoms with E-state index in [0.29, 0.717) is 0 Å². The quantitative estimate of drug-likeness (QED) is 0.546. The maximum absolute atomic E-state index is 11.9. The Balaban J connectivity index is 2.69. The van der Waals surface area contributed by atoms with Crippen molar-refractivity contribution in [3.8, 4) is 0 Å². The Hall–Kier alpha value is -2.12. The Morgan fingerprint density at radius 3 is 2.35 bits per heavy atom. The van der Waals surface area contributed by atoms with Gasteiger partial charge in [-0.1, -0.05) is 30.3 Å². The fourth-order valence-electron chi connectivity index (χ4n) is 1.60. The van der Waals surface area contributed by atoms with Gasteiger partial charge in [-0.25, -0.2) is 9.59 Å². The first-order valence-electron chi connectivity index (χ1n) is 6.12. The minimum atomic E-state index is -1.36. The van der Waals surface area contributed by atoms with Crippen molar-refractivity contribution in [3.05, 3.63) is 35.9 Å². The number of carboxylic acid groups (broad SMARTS) is 1. The molecule has 1 aromatic carbocycles. The molecule has 20 heavy (non-hydrogen) atoms. The van der Waals surface area contributed by atoms with Crippen LogP contribution in [0.4, 0.5) is 4.79 Å². The molecule has 0 saturated carbocycles. The van der Waals surface area contributed by atoms with Crippen molar-refractivity contribution in [2.45, 2.75) is 12.6 Å². The predicted molar refractivity (Wildman–Crippen MR) is 71.0 cm³/mol. The highest BCUT2D eigenvalue weighted by molar-refractivity contribution is 5.82. The Kier molecular flexibility index (Phi) is 6.48. The van der Waals surface area contributed by atoms with Gasteiger partial charge in [0, 0.05) is 13.1 Å². The minimum Gasteiger partial charge on any atom is -0.480 e. The summed E-state index contributed by atoms with van der Waals surface area (Å²) < 4.78 is 0. The first-order chi connectivity index (χ1) is 9.58. The van der Waals surface area contributed by atoms with Gasteiger partial charge in [-0.2, -0.15) is 0 Å². The summed E-state index contributed by atoms with van der Waals surface area (Å²) in [6.45, 7) is -0.625. The summed E-state index contributed by atoms with van der Waals surface area (Å²) in [5.74, 6) is -1.32. The third-order valence-corrected chi connectivity index (χ3v) is 2.65. The molecule has 110 valence electrons. The van der Waals surface area contributed by atoms with E-state index in [-0.39, 0.29) is 19.7 Å². The van der Waals surface area contributed by atoms with Gasteiger partial charge in [0.1, 0.15) is 0 Å². The van der Waals surface area contributed by atoms with Gasteiger partial charge in [-0.3, -0.25) is 0 Å². The highest BCUT2D eigenvalue weighted by Gasteiger charge is 2.22. The van der Waals surface area contributed by atoms with Gasteiger partial charge in [0.25, 0.3) is 0 Å². The van der Waals surface area contributed by atoms with Crippen LogP contribution in [0.5, 0.6) is 0 Å². The number of hydrogen-bond donors (Lipinski definition) is 4. The first-order valence-corrected chi connectivity index (χ1v) is 6.12. The molecule has 1 rings (SSSR count). The number of aliphatic hydroxyl groups is 2. The van der Waals surface area contributed by atoms with Crippen molar-refractivity contribution in [2.75, 3.05) is 19.8 Å². The van der Waals surface area contributed by atoms with E-state index in [9.17, 15) is 9.59 Å². The van der Waals surface area contributed by atoms with Gasteiger partial charge in [-0.05, 0) is 5.56 Å². The molecule has 0 spiro atoms. The van der Waals surface area contributed by atoms with E-state index < -0.39 is 24.6 Å². The standard InChI is InChI=1S/C13H18N2O5/c16-7-6-15(8-10-4-2-1-3-5-10)13(20)14-11(9-17)12(18)19/h1-5,11,16-17H,6-9H2,(H,14,20)(H,18,19)/t11-/m0/s1. The predicted octanol–water partition coefficient (Wildman–Crippen LogP) is -0.364. The Labute approximate surface area is 116 Å². The number of urea groups is 1. The normalized spacial score (nSPS) is 11.7. The summed E-state index contributed by atoms with van der Waals surface area (Å²) in [5.41, 5.74) is 0.854. The fraction of sp³-hybridized carbons (Fsp3) is 0.385. The maximum atomic E-state index is 11.9. The lowest BCUT2D eigenvalue weighted by Gasteiger charge is -2.24. The van der Waals surface area contributed by atoms with Crippen molar-refractivity contribution in [3.63, 3.8) is 0 Å². The lowest BCUT2D eigenvalue weighted by Crippen LogP contribution is -2.49. The molecular weight excluding hydrogens is 264 g/mol. The molecule has 0 fully saturated rings. The van der Waals surface area contributed by atoms with Gasteiger partial charge >= 0.3 is 12.0 Å². The van der Waals surface area contributed by atoms with E-state index in [2.05, 4.69) is 5.32 Å². The molecule has 0 aliphatic rings. The maximum Gasteiger partial charge on any atom is 0.328 e. The first kappa shape index (κ1) is 15.9. The number of aliphatic hydroxyl groups excluding tert-OH is 2. The SMILES string of the molecule is O=C(O)[C@H](CO)NC(=O)N(CCO)Cc1ccccc1. The van der Waals surface area contributed by atoms with Gasteiger partial charge in [0.15, 0.2) is 6.04 Å². The van der Waals surface area contributed by atoms with Crippen LogP contribution in [0, 0.1) is 0 Å². The largest absolute Gasteiger partial charge is 0.480 e. The summed E-state index contributed by atoms with van der Waals surface area (Å²) in [6.07, 6.45) is 0. The number of hydrogen-bond acceptors (Lipinski definition) is 4. The third kappa shape index (κ3) is 4.87. The average molecular weight is 282 g/mol. The van der Waals surface area contributed by atoms with Gasteiger partial charge < -0.3 is 25.5 Å². The molecule has 0 unspecified atom stereocenters. The van der Waals surface area contributed by atoms with Gasteiger partial charge in [-0.15, -0.1) is 0 Å². The van der Waals surface area contributed by atoms with Crippen molar-refractivity contribution in [2.24, 2.45) is 0 Å². The second kappa shape index (κ2) is 8.13. The molecule has 7 heteroatoms. The number of nitrogens with zero attached hydrogens (tertiary/aromatic N) is 1. The molecule has 1 aromatic rings. The number of aliphatic carboxylic acids is 1.